The number of anilines is 1. The molecule has 3 nitrogen and oxygen atoms in total. The van der Waals surface area contributed by atoms with Crippen LogP contribution in [0.25, 0.3) is 0 Å². The Balaban J connectivity index is 2.70. The van der Waals surface area contributed by atoms with Crippen LogP contribution in [0.4, 0.5) is 14.5 Å². The summed E-state index contributed by atoms with van der Waals surface area (Å²) in [6.45, 7) is 1.58. The van der Waals surface area contributed by atoms with Crippen LogP contribution in [0.5, 0.6) is 0 Å². The lowest BCUT2D eigenvalue weighted by Crippen LogP contribution is -2.24. The highest BCUT2D eigenvalue weighted by atomic mass is 79.9. The lowest BCUT2D eigenvalue weighted by Gasteiger charge is -2.11. The zero-order valence-corrected chi connectivity index (χ0v) is 11.0. The summed E-state index contributed by atoms with van der Waals surface area (Å²) in [5, 5.41) is 2.63. The van der Waals surface area contributed by atoms with Crippen molar-refractivity contribution in [2.75, 3.05) is 19.0 Å². The summed E-state index contributed by atoms with van der Waals surface area (Å²) in [5.74, 6) is -1.54. The number of hydrogen-bond acceptors (Lipinski definition) is 3. The summed E-state index contributed by atoms with van der Waals surface area (Å²) in [6.07, 6.45) is 0. The number of esters is 1. The van der Waals surface area contributed by atoms with Crippen LogP contribution in [0.15, 0.2) is 12.1 Å². The monoisotopic (exact) mass is 307 g/mol. The average Bonchev–Trinajstić information content (AvgIpc) is 2.30. The molecule has 1 rings (SSSR count). The first kappa shape index (κ1) is 13.9. The molecular formula is C11H12BrF2NO2. The van der Waals surface area contributed by atoms with E-state index in [2.05, 4.69) is 26.0 Å². The van der Waals surface area contributed by atoms with Crippen LogP contribution < -0.4 is 5.32 Å². The van der Waals surface area contributed by atoms with Gasteiger partial charge in [-0.15, -0.1) is 0 Å². The summed E-state index contributed by atoms with van der Waals surface area (Å²) in [5.41, 5.74) is 0.248. The van der Waals surface area contributed by atoms with Gasteiger partial charge in [0.1, 0.15) is 16.5 Å². The highest BCUT2D eigenvalue weighted by molar-refractivity contribution is 9.10. The molecule has 6 heteroatoms. The maximum absolute atomic E-state index is 13.4. The van der Waals surface area contributed by atoms with Gasteiger partial charge in [0.25, 0.3) is 0 Å². The van der Waals surface area contributed by atoms with E-state index in [0.29, 0.717) is 0 Å². The minimum absolute atomic E-state index is 0.0152. The topological polar surface area (TPSA) is 38.3 Å². The molecular weight excluding hydrogens is 296 g/mol. The number of methoxy groups -OCH3 is 1. The van der Waals surface area contributed by atoms with E-state index in [-0.39, 0.29) is 17.8 Å². The molecule has 1 atom stereocenters. The molecule has 17 heavy (non-hydrogen) atoms. The van der Waals surface area contributed by atoms with Gasteiger partial charge in [-0.3, -0.25) is 4.79 Å². The van der Waals surface area contributed by atoms with Gasteiger partial charge in [-0.2, -0.15) is 0 Å². The largest absolute Gasteiger partial charge is 0.468 e. The average molecular weight is 308 g/mol. The van der Waals surface area contributed by atoms with Gasteiger partial charge in [-0.1, -0.05) is 15.9 Å². The number of ether oxygens (including phenoxy) is 1. The fourth-order valence-corrected chi connectivity index (χ4v) is 1.54. The third-order valence-corrected chi connectivity index (χ3v) is 2.87. The Morgan fingerprint density at radius 2 is 2.12 bits per heavy atom. The number of rotatable bonds is 4. The first-order chi connectivity index (χ1) is 7.95. The molecule has 0 saturated carbocycles. The Bertz CT molecular complexity index is 426. The number of alkyl halides is 1. The molecule has 94 valence electrons. The molecule has 0 aliphatic heterocycles. The van der Waals surface area contributed by atoms with Crippen LogP contribution >= 0.6 is 15.9 Å². The van der Waals surface area contributed by atoms with Crippen LogP contribution in [-0.2, 0) is 9.53 Å². The normalized spacial score (nSPS) is 12.1. The molecule has 0 spiro atoms. The summed E-state index contributed by atoms with van der Waals surface area (Å²) >= 11 is 3.07. The lowest BCUT2D eigenvalue weighted by atomic mass is 10.2. The molecule has 0 radical (unpaired) electrons. The molecule has 0 aliphatic carbocycles. The predicted octanol–water partition coefficient (Wildman–Crippen LogP) is 2.62. The van der Waals surface area contributed by atoms with E-state index in [1.807, 2.05) is 0 Å². The van der Waals surface area contributed by atoms with E-state index >= 15 is 0 Å². The molecule has 0 saturated heterocycles. The van der Waals surface area contributed by atoms with Crippen molar-refractivity contribution in [2.45, 2.75) is 11.8 Å². The standard InChI is InChI=1S/C11H12BrF2NO2/c1-6-3-9(14)10(4-8(6)13)15-5-7(12)11(16)17-2/h3-4,7,15H,5H2,1-2H3. The van der Waals surface area contributed by atoms with Gasteiger partial charge >= 0.3 is 5.97 Å². The number of carbonyl (C=O) groups is 1. The fraction of sp³-hybridized carbons (Fsp3) is 0.364. The van der Waals surface area contributed by atoms with Crippen molar-refractivity contribution < 1.29 is 18.3 Å². The van der Waals surface area contributed by atoms with Crippen LogP contribution in [0.2, 0.25) is 0 Å². The van der Waals surface area contributed by atoms with Gasteiger partial charge in [0.05, 0.1) is 12.8 Å². The number of carbonyl (C=O) groups excluding carboxylic acids is 1. The zero-order chi connectivity index (χ0) is 13.0. The Morgan fingerprint density at radius 3 is 2.71 bits per heavy atom. The van der Waals surface area contributed by atoms with Crippen molar-refractivity contribution in [2.24, 2.45) is 0 Å². The summed E-state index contributed by atoms with van der Waals surface area (Å²) in [7, 11) is 1.25. The van der Waals surface area contributed by atoms with Crippen LogP contribution in [-0.4, -0.2) is 24.5 Å². The molecule has 1 aromatic rings. The second-order valence-electron chi connectivity index (χ2n) is 3.45. The molecule has 1 aromatic carbocycles. The smallest absolute Gasteiger partial charge is 0.321 e. The van der Waals surface area contributed by atoms with Crippen LogP contribution in [0, 0.1) is 18.6 Å². The summed E-state index contributed by atoms with van der Waals surface area (Å²) in [4.78, 5) is 10.4. The van der Waals surface area contributed by atoms with Gasteiger partial charge in [-0.25, -0.2) is 8.78 Å². The van der Waals surface area contributed by atoms with Gasteiger partial charge in [0, 0.05) is 12.6 Å². The number of nitrogens with one attached hydrogen (secondary N) is 1. The highest BCUT2D eigenvalue weighted by Gasteiger charge is 2.16. The van der Waals surface area contributed by atoms with Crippen molar-refractivity contribution in [3.05, 3.63) is 29.3 Å². The summed E-state index contributed by atoms with van der Waals surface area (Å²) in [6, 6.07) is 2.15. The zero-order valence-electron chi connectivity index (χ0n) is 9.39. The Kier molecular flexibility index (Phi) is 4.86. The molecule has 0 fully saturated rings. The molecule has 0 bridgehead atoms. The van der Waals surface area contributed by atoms with Crippen molar-refractivity contribution >= 4 is 27.6 Å². The Labute approximate surface area is 106 Å². The minimum atomic E-state index is -0.615. The van der Waals surface area contributed by atoms with E-state index in [4.69, 9.17) is 0 Å². The number of benzene rings is 1. The van der Waals surface area contributed by atoms with Gasteiger partial charge in [0.2, 0.25) is 0 Å². The minimum Gasteiger partial charge on any atom is -0.468 e. The second-order valence-corrected chi connectivity index (χ2v) is 4.56. The number of aryl methyl sites for hydroxylation is 1. The van der Waals surface area contributed by atoms with Crippen molar-refractivity contribution in [1.29, 1.82) is 0 Å². The molecule has 1 unspecified atom stereocenters. The Morgan fingerprint density at radius 1 is 1.47 bits per heavy atom. The number of hydrogen-bond donors (Lipinski definition) is 1. The summed E-state index contributed by atoms with van der Waals surface area (Å²) < 4.78 is 31.1. The molecule has 0 aromatic heterocycles. The van der Waals surface area contributed by atoms with Gasteiger partial charge < -0.3 is 10.1 Å². The third-order valence-electron chi connectivity index (χ3n) is 2.18. The van der Waals surface area contributed by atoms with E-state index < -0.39 is 22.4 Å². The fourth-order valence-electron chi connectivity index (χ4n) is 1.19. The highest BCUT2D eigenvalue weighted by Crippen LogP contribution is 2.19. The molecule has 0 amide bonds. The van der Waals surface area contributed by atoms with Crippen molar-refractivity contribution in [3.8, 4) is 0 Å². The van der Waals surface area contributed by atoms with Crippen LogP contribution in [0.1, 0.15) is 5.56 Å². The SMILES string of the molecule is COC(=O)C(Br)CNc1cc(F)c(C)cc1F. The first-order valence-corrected chi connectivity index (χ1v) is 5.78. The maximum Gasteiger partial charge on any atom is 0.321 e. The van der Waals surface area contributed by atoms with Crippen molar-refractivity contribution in [1.82, 2.24) is 0 Å². The maximum atomic E-state index is 13.4. The van der Waals surface area contributed by atoms with E-state index in [9.17, 15) is 13.6 Å². The Hall–Kier alpha value is -1.17. The first-order valence-electron chi connectivity index (χ1n) is 4.87. The lowest BCUT2D eigenvalue weighted by molar-refractivity contribution is -0.139. The van der Waals surface area contributed by atoms with E-state index in [0.717, 1.165) is 12.1 Å². The van der Waals surface area contributed by atoms with Crippen molar-refractivity contribution in [3.63, 3.8) is 0 Å². The quantitative estimate of drug-likeness (QED) is 0.686. The van der Waals surface area contributed by atoms with Gasteiger partial charge in [0.15, 0.2) is 0 Å². The number of halogens is 3. The predicted molar refractivity (Wildman–Crippen MR) is 64.3 cm³/mol. The molecule has 0 heterocycles. The van der Waals surface area contributed by atoms with Gasteiger partial charge in [-0.05, 0) is 18.6 Å². The van der Waals surface area contributed by atoms with Crippen LogP contribution in [0.3, 0.4) is 0 Å². The van der Waals surface area contributed by atoms with E-state index in [1.54, 1.807) is 0 Å². The molecule has 0 aliphatic rings. The second kappa shape index (κ2) is 5.95. The third kappa shape index (κ3) is 3.66. The molecule has 1 N–H and O–H groups in total. The van der Waals surface area contributed by atoms with E-state index in [1.165, 1.54) is 14.0 Å².